The molecule has 0 amide bonds. The molecule has 0 spiro atoms. The van der Waals surface area contributed by atoms with Crippen LogP contribution in [0.1, 0.15) is 20.8 Å². The zero-order chi connectivity index (χ0) is 13.0. The second kappa shape index (κ2) is 5.61. The molecule has 0 aliphatic carbocycles. The minimum Gasteiger partial charge on any atom is -0.431 e. The van der Waals surface area contributed by atoms with Gasteiger partial charge in [-0.25, -0.2) is 13.6 Å². The third kappa shape index (κ3) is 3.69. The van der Waals surface area contributed by atoms with E-state index in [9.17, 15) is 13.6 Å². The lowest BCUT2D eigenvalue weighted by molar-refractivity contribution is 0.0446. The van der Waals surface area contributed by atoms with E-state index in [1.807, 2.05) is 13.8 Å². The summed E-state index contributed by atoms with van der Waals surface area (Å²) in [5, 5.41) is 0. The quantitative estimate of drug-likeness (QED) is 0.602. The summed E-state index contributed by atoms with van der Waals surface area (Å²) >= 11 is 0. The lowest BCUT2D eigenvalue weighted by Crippen LogP contribution is -2.23. The number of rotatable bonds is 3. The molecule has 1 aromatic carbocycles. The number of ether oxygens (including phenoxy) is 2. The van der Waals surface area contributed by atoms with E-state index in [-0.39, 0.29) is 5.92 Å². The van der Waals surface area contributed by atoms with Gasteiger partial charge in [0.1, 0.15) is 6.10 Å². The topological polar surface area (TPSA) is 35.5 Å². The van der Waals surface area contributed by atoms with Crippen LogP contribution in [0.5, 0.6) is 5.75 Å². The van der Waals surface area contributed by atoms with Gasteiger partial charge in [0.25, 0.3) is 0 Å². The molecular weight excluding hydrogens is 230 g/mol. The average Bonchev–Trinajstić information content (AvgIpc) is 2.23. The molecule has 0 aromatic heterocycles. The molecule has 0 N–H and O–H groups in total. The van der Waals surface area contributed by atoms with Crippen LogP contribution >= 0.6 is 0 Å². The monoisotopic (exact) mass is 244 g/mol. The molecule has 0 aliphatic heterocycles. The Bertz CT molecular complexity index is 384. The van der Waals surface area contributed by atoms with Crippen molar-refractivity contribution in [3.8, 4) is 5.75 Å². The van der Waals surface area contributed by atoms with E-state index in [2.05, 4.69) is 4.74 Å². The first-order valence-corrected chi connectivity index (χ1v) is 5.24. The number of carbonyl (C=O) groups excluding carboxylic acids is 1. The van der Waals surface area contributed by atoms with Crippen LogP contribution in [-0.2, 0) is 4.74 Å². The summed E-state index contributed by atoms with van der Waals surface area (Å²) in [5.74, 6) is -2.54. The van der Waals surface area contributed by atoms with Crippen LogP contribution < -0.4 is 4.74 Å². The fourth-order valence-corrected chi connectivity index (χ4v) is 0.975. The van der Waals surface area contributed by atoms with Crippen molar-refractivity contribution in [1.82, 2.24) is 0 Å². The molecule has 1 rings (SSSR count). The Kier molecular flexibility index (Phi) is 4.43. The number of benzene rings is 1. The maximum Gasteiger partial charge on any atom is 0.514 e. The van der Waals surface area contributed by atoms with Crippen molar-refractivity contribution in [3.05, 3.63) is 29.8 Å². The molecule has 1 aromatic rings. The highest BCUT2D eigenvalue weighted by Gasteiger charge is 2.18. The molecule has 0 radical (unpaired) electrons. The largest absolute Gasteiger partial charge is 0.514 e. The van der Waals surface area contributed by atoms with Crippen LogP contribution in [0.15, 0.2) is 18.2 Å². The van der Waals surface area contributed by atoms with Crippen molar-refractivity contribution in [2.45, 2.75) is 26.9 Å². The molecule has 1 unspecified atom stereocenters. The fraction of sp³-hybridized carbons (Fsp3) is 0.417. The Morgan fingerprint density at radius 3 is 2.18 bits per heavy atom. The summed E-state index contributed by atoms with van der Waals surface area (Å²) in [6.45, 7) is 5.37. The van der Waals surface area contributed by atoms with Crippen molar-refractivity contribution in [3.63, 3.8) is 0 Å². The van der Waals surface area contributed by atoms with Crippen LogP contribution in [0.4, 0.5) is 13.6 Å². The first kappa shape index (κ1) is 13.4. The molecule has 0 aliphatic rings. The lowest BCUT2D eigenvalue weighted by Gasteiger charge is -2.16. The van der Waals surface area contributed by atoms with Crippen LogP contribution in [0, 0.1) is 17.6 Å². The molecule has 5 heteroatoms. The van der Waals surface area contributed by atoms with Crippen LogP contribution in [0.3, 0.4) is 0 Å². The molecule has 17 heavy (non-hydrogen) atoms. The highest BCUT2D eigenvalue weighted by molar-refractivity contribution is 5.64. The number of para-hydroxylation sites is 1. The standard InChI is InChI=1S/C12H14F2O3/c1-7(2)8(3)16-12(15)17-11-9(13)5-4-6-10(11)14/h4-8H,1-3H3. The van der Waals surface area contributed by atoms with Crippen LogP contribution in [0.2, 0.25) is 0 Å². The van der Waals surface area contributed by atoms with Gasteiger partial charge in [0.05, 0.1) is 0 Å². The molecule has 1 atom stereocenters. The van der Waals surface area contributed by atoms with Gasteiger partial charge in [-0.3, -0.25) is 0 Å². The summed E-state index contributed by atoms with van der Waals surface area (Å²) in [7, 11) is 0. The van der Waals surface area contributed by atoms with Crippen molar-refractivity contribution in [1.29, 1.82) is 0 Å². The number of hydrogen-bond donors (Lipinski definition) is 0. The van der Waals surface area contributed by atoms with Gasteiger partial charge in [-0.1, -0.05) is 19.9 Å². The SMILES string of the molecule is CC(C)C(C)OC(=O)Oc1c(F)cccc1F. The first-order valence-electron chi connectivity index (χ1n) is 5.24. The number of carbonyl (C=O) groups is 1. The third-order valence-electron chi connectivity index (χ3n) is 2.33. The Morgan fingerprint density at radius 2 is 1.71 bits per heavy atom. The van der Waals surface area contributed by atoms with Gasteiger partial charge in [0, 0.05) is 0 Å². The average molecular weight is 244 g/mol. The summed E-state index contributed by atoms with van der Waals surface area (Å²) in [5.41, 5.74) is 0. The van der Waals surface area contributed by atoms with Gasteiger partial charge in [0.15, 0.2) is 11.6 Å². The fourth-order valence-electron chi connectivity index (χ4n) is 0.975. The lowest BCUT2D eigenvalue weighted by atomic mass is 10.1. The van der Waals surface area contributed by atoms with Gasteiger partial charge in [-0.05, 0) is 25.0 Å². The molecule has 94 valence electrons. The molecule has 0 saturated heterocycles. The molecule has 3 nitrogen and oxygen atoms in total. The molecule has 0 saturated carbocycles. The first-order chi connectivity index (χ1) is 7.91. The summed E-state index contributed by atoms with van der Waals surface area (Å²) in [4.78, 5) is 11.3. The smallest absolute Gasteiger partial charge is 0.431 e. The van der Waals surface area contributed by atoms with E-state index in [0.29, 0.717) is 0 Å². The third-order valence-corrected chi connectivity index (χ3v) is 2.33. The Balaban J connectivity index is 2.69. The van der Waals surface area contributed by atoms with Gasteiger partial charge >= 0.3 is 6.16 Å². The van der Waals surface area contributed by atoms with Crippen molar-refractivity contribution < 1.29 is 23.0 Å². The highest BCUT2D eigenvalue weighted by atomic mass is 19.1. The van der Waals surface area contributed by atoms with Crippen LogP contribution in [-0.4, -0.2) is 12.3 Å². The Labute approximate surface area is 98.3 Å². The summed E-state index contributed by atoms with van der Waals surface area (Å²) < 4.78 is 35.6. The minimum atomic E-state index is -1.12. The zero-order valence-corrected chi connectivity index (χ0v) is 9.87. The predicted octanol–water partition coefficient (Wildman–Crippen LogP) is 3.52. The molecule has 0 bridgehead atoms. The van der Waals surface area contributed by atoms with Gasteiger partial charge in [-0.15, -0.1) is 0 Å². The normalized spacial score (nSPS) is 12.4. The summed E-state index contributed by atoms with van der Waals surface area (Å²) in [6.07, 6.45) is -1.51. The van der Waals surface area contributed by atoms with E-state index in [1.165, 1.54) is 6.07 Å². The molecule has 0 fully saturated rings. The summed E-state index contributed by atoms with van der Waals surface area (Å²) in [6, 6.07) is 3.18. The van der Waals surface area contributed by atoms with Crippen molar-refractivity contribution in [2.75, 3.05) is 0 Å². The Morgan fingerprint density at radius 1 is 1.18 bits per heavy atom. The zero-order valence-electron chi connectivity index (χ0n) is 9.87. The maximum atomic E-state index is 13.1. The van der Waals surface area contributed by atoms with E-state index in [1.54, 1.807) is 6.92 Å². The minimum absolute atomic E-state index is 0.0908. The van der Waals surface area contributed by atoms with Crippen molar-refractivity contribution in [2.24, 2.45) is 5.92 Å². The molecular formula is C12H14F2O3. The van der Waals surface area contributed by atoms with Gasteiger partial charge in [0.2, 0.25) is 5.75 Å². The van der Waals surface area contributed by atoms with Crippen LogP contribution in [0.25, 0.3) is 0 Å². The van der Waals surface area contributed by atoms with Gasteiger partial charge < -0.3 is 9.47 Å². The van der Waals surface area contributed by atoms with Gasteiger partial charge in [-0.2, -0.15) is 0 Å². The predicted molar refractivity (Wildman–Crippen MR) is 57.8 cm³/mol. The van der Waals surface area contributed by atoms with E-state index in [4.69, 9.17) is 4.74 Å². The van der Waals surface area contributed by atoms with E-state index < -0.39 is 29.6 Å². The maximum absolute atomic E-state index is 13.1. The second-order valence-electron chi connectivity index (χ2n) is 3.97. The molecule has 0 heterocycles. The second-order valence-corrected chi connectivity index (χ2v) is 3.97. The van der Waals surface area contributed by atoms with E-state index >= 15 is 0 Å². The highest BCUT2D eigenvalue weighted by Crippen LogP contribution is 2.21. The number of halogens is 2. The number of hydrogen-bond acceptors (Lipinski definition) is 3. The Hall–Kier alpha value is -1.65. The van der Waals surface area contributed by atoms with E-state index in [0.717, 1.165) is 12.1 Å². The van der Waals surface area contributed by atoms with Crippen molar-refractivity contribution >= 4 is 6.16 Å².